The molecule has 0 aliphatic carbocycles. The normalized spacial score (nSPS) is 9.86. The Kier molecular flexibility index (Phi) is 4.07. The highest BCUT2D eigenvalue weighted by Crippen LogP contribution is 2.14. The van der Waals surface area contributed by atoms with Gasteiger partial charge in [-0.15, -0.1) is 0 Å². The highest BCUT2D eigenvalue weighted by atomic mass is 16.5. The van der Waals surface area contributed by atoms with E-state index in [0.717, 1.165) is 11.8 Å². The molecule has 0 aromatic carbocycles. The van der Waals surface area contributed by atoms with Crippen LogP contribution in [0.5, 0.6) is 5.88 Å². The Hall–Kier alpha value is -1.42. The Labute approximate surface area is 82.9 Å². The number of carbonyl (C=O) groups is 1. The lowest BCUT2D eigenvalue weighted by molar-refractivity contribution is 0.112. The van der Waals surface area contributed by atoms with Crippen molar-refractivity contribution in [2.45, 2.75) is 6.92 Å². The van der Waals surface area contributed by atoms with Crippen molar-refractivity contribution in [3.05, 3.63) is 23.4 Å². The topological polar surface area (TPSA) is 48.4 Å². The van der Waals surface area contributed by atoms with Crippen LogP contribution in [0.25, 0.3) is 0 Å². The van der Waals surface area contributed by atoms with Crippen LogP contribution in [0.15, 0.2) is 12.3 Å². The molecule has 4 heteroatoms. The standard InChI is InChI=1S/C10H13NO3/c1-8-5-9(7-12)6-11-10(8)14-4-3-13-2/h5-7H,3-4H2,1-2H3. The lowest BCUT2D eigenvalue weighted by atomic mass is 10.2. The second kappa shape index (κ2) is 5.34. The number of hydrogen-bond donors (Lipinski definition) is 0. The molecule has 0 bridgehead atoms. The molecule has 0 radical (unpaired) electrons. The Morgan fingerprint density at radius 3 is 2.86 bits per heavy atom. The van der Waals surface area contributed by atoms with E-state index in [1.54, 1.807) is 13.2 Å². The van der Waals surface area contributed by atoms with Gasteiger partial charge in [0.1, 0.15) is 6.61 Å². The summed E-state index contributed by atoms with van der Waals surface area (Å²) in [5, 5.41) is 0. The Morgan fingerprint density at radius 1 is 1.50 bits per heavy atom. The predicted octanol–water partition coefficient (Wildman–Crippen LogP) is 1.23. The minimum absolute atomic E-state index is 0.463. The van der Waals surface area contributed by atoms with Gasteiger partial charge in [0.15, 0.2) is 6.29 Å². The van der Waals surface area contributed by atoms with Crippen LogP contribution in [0.3, 0.4) is 0 Å². The van der Waals surface area contributed by atoms with Crippen molar-refractivity contribution < 1.29 is 14.3 Å². The van der Waals surface area contributed by atoms with Crippen LogP contribution in [0.4, 0.5) is 0 Å². The smallest absolute Gasteiger partial charge is 0.216 e. The number of ether oxygens (including phenoxy) is 2. The third-order valence-corrected chi connectivity index (χ3v) is 1.71. The molecule has 1 aromatic rings. The molecular formula is C10H13NO3. The first-order chi connectivity index (χ1) is 6.77. The largest absolute Gasteiger partial charge is 0.475 e. The van der Waals surface area contributed by atoms with E-state index in [1.165, 1.54) is 6.20 Å². The van der Waals surface area contributed by atoms with E-state index in [0.29, 0.717) is 24.7 Å². The molecule has 0 N–H and O–H groups in total. The zero-order valence-corrected chi connectivity index (χ0v) is 8.32. The molecule has 0 saturated carbocycles. The number of hydrogen-bond acceptors (Lipinski definition) is 4. The summed E-state index contributed by atoms with van der Waals surface area (Å²) in [6.07, 6.45) is 2.25. The molecule has 0 aliphatic heterocycles. The van der Waals surface area contributed by atoms with E-state index in [4.69, 9.17) is 9.47 Å². The SMILES string of the molecule is COCCOc1ncc(C=O)cc1C. The molecule has 0 saturated heterocycles. The molecule has 4 nitrogen and oxygen atoms in total. The zero-order valence-electron chi connectivity index (χ0n) is 8.32. The van der Waals surface area contributed by atoms with E-state index >= 15 is 0 Å². The molecule has 1 rings (SSSR count). The van der Waals surface area contributed by atoms with Crippen LogP contribution >= 0.6 is 0 Å². The van der Waals surface area contributed by atoms with Crippen molar-refractivity contribution in [1.82, 2.24) is 4.98 Å². The summed E-state index contributed by atoms with van der Waals surface area (Å²) in [5.41, 5.74) is 1.41. The quantitative estimate of drug-likeness (QED) is 0.523. The van der Waals surface area contributed by atoms with Crippen molar-refractivity contribution in [2.75, 3.05) is 20.3 Å². The number of methoxy groups -OCH3 is 1. The number of pyridine rings is 1. The molecule has 0 atom stereocenters. The summed E-state index contributed by atoms with van der Waals surface area (Å²) in [6, 6.07) is 1.74. The highest BCUT2D eigenvalue weighted by Gasteiger charge is 2.01. The molecular weight excluding hydrogens is 182 g/mol. The monoisotopic (exact) mass is 195 g/mol. The number of rotatable bonds is 5. The fourth-order valence-electron chi connectivity index (χ4n) is 1.02. The van der Waals surface area contributed by atoms with Gasteiger partial charge < -0.3 is 9.47 Å². The van der Waals surface area contributed by atoms with Gasteiger partial charge >= 0.3 is 0 Å². The lowest BCUT2D eigenvalue weighted by Gasteiger charge is -2.06. The molecule has 0 aliphatic rings. The van der Waals surface area contributed by atoms with Gasteiger partial charge in [-0.3, -0.25) is 4.79 Å². The van der Waals surface area contributed by atoms with E-state index < -0.39 is 0 Å². The maximum absolute atomic E-state index is 10.4. The van der Waals surface area contributed by atoms with E-state index in [1.807, 2.05) is 6.92 Å². The minimum atomic E-state index is 0.463. The summed E-state index contributed by atoms with van der Waals surface area (Å²) >= 11 is 0. The van der Waals surface area contributed by atoms with Crippen molar-refractivity contribution >= 4 is 6.29 Å². The van der Waals surface area contributed by atoms with Gasteiger partial charge in [-0.1, -0.05) is 0 Å². The molecule has 1 heterocycles. The van der Waals surface area contributed by atoms with Gasteiger partial charge in [0.2, 0.25) is 5.88 Å². The lowest BCUT2D eigenvalue weighted by Crippen LogP contribution is -2.06. The molecule has 0 unspecified atom stereocenters. The number of carbonyl (C=O) groups excluding carboxylic acids is 1. The first-order valence-electron chi connectivity index (χ1n) is 4.31. The molecule has 1 aromatic heterocycles. The van der Waals surface area contributed by atoms with Crippen LogP contribution in [-0.4, -0.2) is 31.6 Å². The number of aryl methyl sites for hydroxylation is 1. The maximum atomic E-state index is 10.4. The van der Waals surface area contributed by atoms with Gasteiger partial charge in [0.25, 0.3) is 0 Å². The van der Waals surface area contributed by atoms with Crippen molar-refractivity contribution in [3.8, 4) is 5.88 Å². The third kappa shape index (κ3) is 2.81. The first-order valence-corrected chi connectivity index (χ1v) is 4.31. The summed E-state index contributed by atoms with van der Waals surface area (Å²) in [6.45, 7) is 2.84. The number of nitrogens with zero attached hydrogens (tertiary/aromatic N) is 1. The van der Waals surface area contributed by atoms with E-state index in [2.05, 4.69) is 4.98 Å². The second-order valence-corrected chi connectivity index (χ2v) is 2.85. The highest BCUT2D eigenvalue weighted by molar-refractivity contribution is 5.74. The van der Waals surface area contributed by atoms with Crippen LogP contribution in [0.1, 0.15) is 15.9 Å². The van der Waals surface area contributed by atoms with Crippen molar-refractivity contribution in [2.24, 2.45) is 0 Å². The second-order valence-electron chi connectivity index (χ2n) is 2.85. The van der Waals surface area contributed by atoms with Gasteiger partial charge in [0, 0.05) is 24.4 Å². The Balaban J connectivity index is 2.64. The fourth-order valence-corrected chi connectivity index (χ4v) is 1.02. The molecule has 0 amide bonds. The first kappa shape index (κ1) is 10.7. The third-order valence-electron chi connectivity index (χ3n) is 1.71. The van der Waals surface area contributed by atoms with Gasteiger partial charge in [0.05, 0.1) is 6.61 Å². The summed E-state index contributed by atoms with van der Waals surface area (Å²) in [5.74, 6) is 0.549. The fraction of sp³-hybridized carbons (Fsp3) is 0.400. The average molecular weight is 195 g/mol. The summed E-state index contributed by atoms with van der Waals surface area (Å²) in [4.78, 5) is 14.4. The number of aldehydes is 1. The Bertz CT molecular complexity index is 312. The predicted molar refractivity (Wildman–Crippen MR) is 51.7 cm³/mol. The van der Waals surface area contributed by atoms with E-state index in [-0.39, 0.29) is 0 Å². The summed E-state index contributed by atoms with van der Waals surface area (Å²) in [7, 11) is 1.61. The number of aromatic nitrogens is 1. The molecule has 76 valence electrons. The van der Waals surface area contributed by atoms with Crippen LogP contribution in [0, 0.1) is 6.92 Å². The molecule has 14 heavy (non-hydrogen) atoms. The summed E-state index contributed by atoms with van der Waals surface area (Å²) < 4.78 is 10.2. The molecule has 0 spiro atoms. The van der Waals surface area contributed by atoms with E-state index in [9.17, 15) is 4.79 Å². The average Bonchev–Trinajstić information content (AvgIpc) is 2.20. The van der Waals surface area contributed by atoms with Gasteiger partial charge in [-0.25, -0.2) is 4.98 Å². The van der Waals surface area contributed by atoms with Crippen LogP contribution in [0.2, 0.25) is 0 Å². The van der Waals surface area contributed by atoms with Crippen molar-refractivity contribution in [1.29, 1.82) is 0 Å². The molecule has 0 fully saturated rings. The maximum Gasteiger partial charge on any atom is 0.216 e. The minimum Gasteiger partial charge on any atom is -0.475 e. The Morgan fingerprint density at radius 2 is 2.29 bits per heavy atom. The van der Waals surface area contributed by atoms with Gasteiger partial charge in [-0.05, 0) is 13.0 Å². The van der Waals surface area contributed by atoms with Crippen LogP contribution < -0.4 is 4.74 Å². The van der Waals surface area contributed by atoms with Crippen LogP contribution in [-0.2, 0) is 4.74 Å². The van der Waals surface area contributed by atoms with Gasteiger partial charge in [-0.2, -0.15) is 0 Å². The van der Waals surface area contributed by atoms with Crippen molar-refractivity contribution in [3.63, 3.8) is 0 Å². The zero-order chi connectivity index (χ0) is 10.4.